The van der Waals surface area contributed by atoms with Crippen LogP contribution in [0.25, 0.3) is 0 Å². The van der Waals surface area contributed by atoms with E-state index in [1.54, 1.807) is 0 Å². The number of rotatable bonds is 1. The van der Waals surface area contributed by atoms with Crippen LogP contribution in [0.5, 0.6) is 0 Å². The lowest BCUT2D eigenvalue weighted by Crippen LogP contribution is -2.21. The number of alkyl halides is 6. The molecule has 11 heteroatoms. The van der Waals surface area contributed by atoms with Crippen LogP contribution in [0.4, 0.5) is 26.3 Å². The Morgan fingerprint density at radius 2 is 1.47 bits per heavy atom. The number of primary sulfonamides is 1. The van der Waals surface area contributed by atoms with Gasteiger partial charge in [-0.1, -0.05) is 0 Å². The average Bonchev–Trinajstić information content (AvgIpc) is 2.11. The summed E-state index contributed by atoms with van der Waals surface area (Å²) in [6, 6.07) is -0.0838. The number of hydrogen-bond acceptors (Lipinski definition) is 2. The normalized spacial score (nSPS) is 13.7. The molecule has 108 valence electrons. The van der Waals surface area contributed by atoms with Crippen molar-refractivity contribution in [1.29, 1.82) is 0 Å². The van der Waals surface area contributed by atoms with Crippen molar-refractivity contribution in [2.75, 3.05) is 0 Å². The third kappa shape index (κ3) is 3.60. The maximum absolute atomic E-state index is 12.6. The molecule has 0 aliphatic rings. The first-order valence-corrected chi connectivity index (χ1v) is 6.59. The summed E-state index contributed by atoms with van der Waals surface area (Å²) in [5, 5.41) is 4.58. The maximum Gasteiger partial charge on any atom is 0.417 e. The van der Waals surface area contributed by atoms with Crippen LogP contribution in [0.1, 0.15) is 11.1 Å². The molecular formula is C8H4BrF6NO2S. The van der Waals surface area contributed by atoms with Gasteiger partial charge in [-0.2, -0.15) is 26.3 Å². The van der Waals surface area contributed by atoms with Crippen LogP contribution in [0, 0.1) is 0 Å². The molecular weight excluding hydrogens is 368 g/mol. The summed E-state index contributed by atoms with van der Waals surface area (Å²) in [6.07, 6.45) is -10.4. The largest absolute Gasteiger partial charge is 0.417 e. The monoisotopic (exact) mass is 371 g/mol. The number of benzene rings is 1. The molecule has 2 N–H and O–H groups in total. The van der Waals surface area contributed by atoms with Crippen molar-refractivity contribution in [1.82, 2.24) is 0 Å². The van der Waals surface area contributed by atoms with E-state index in [1.807, 2.05) is 0 Å². The van der Waals surface area contributed by atoms with E-state index in [4.69, 9.17) is 0 Å². The fraction of sp³-hybridized carbons (Fsp3) is 0.250. The fourth-order valence-corrected chi connectivity index (χ4v) is 3.21. The van der Waals surface area contributed by atoms with E-state index in [9.17, 15) is 34.8 Å². The predicted molar refractivity (Wildman–Crippen MR) is 55.5 cm³/mol. The summed E-state index contributed by atoms with van der Waals surface area (Å²) in [5.41, 5.74) is -3.62. The van der Waals surface area contributed by atoms with E-state index in [-0.39, 0.29) is 12.1 Å². The van der Waals surface area contributed by atoms with Crippen LogP contribution in [-0.2, 0) is 22.4 Å². The second-order valence-corrected chi connectivity index (χ2v) is 5.73. The Hall–Kier alpha value is -0.810. The number of sulfonamides is 1. The minimum absolute atomic E-state index is 0.217. The first kappa shape index (κ1) is 16.2. The molecule has 0 heterocycles. The first-order valence-electron chi connectivity index (χ1n) is 4.25. The molecule has 1 rings (SSSR count). The molecule has 0 atom stereocenters. The Labute approximate surface area is 111 Å². The third-order valence-corrected chi connectivity index (χ3v) is 3.86. The lowest BCUT2D eigenvalue weighted by atomic mass is 10.1. The zero-order valence-corrected chi connectivity index (χ0v) is 11.0. The van der Waals surface area contributed by atoms with Crippen molar-refractivity contribution in [3.63, 3.8) is 0 Å². The van der Waals surface area contributed by atoms with Gasteiger partial charge in [0.25, 0.3) is 0 Å². The van der Waals surface area contributed by atoms with Crippen molar-refractivity contribution in [2.24, 2.45) is 5.14 Å². The molecule has 0 aliphatic carbocycles. The summed E-state index contributed by atoms with van der Waals surface area (Å²) in [5.74, 6) is 0. The van der Waals surface area contributed by atoms with Gasteiger partial charge >= 0.3 is 12.4 Å². The molecule has 1 aromatic carbocycles. The molecule has 0 saturated carbocycles. The summed E-state index contributed by atoms with van der Waals surface area (Å²) < 4.78 is 96.2. The average molecular weight is 372 g/mol. The quantitative estimate of drug-likeness (QED) is 0.771. The van der Waals surface area contributed by atoms with Crippen molar-refractivity contribution < 1.29 is 34.8 Å². The van der Waals surface area contributed by atoms with Crippen molar-refractivity contribution in [3.8, 4) is 0 Å². The standard InChI is InChI=1S/C8H4BrF6NO2S/c9-5-2-3(7(10,11)12)1-4(8(13,14)15)6(5)19(16,17)18/h1-2H,(H2,16,17,18). The minimum atomic E-state index is -5.30. The lowest BCUT2D eigenvalue weighted by molar-refractivity contribution is -0.144. The van der Waals surface area contributed by atoms with Gasteiger partial charge in [0.2, 0.25) is 10.0 Å². The van der Waals surface area contributed by atoms with Gasteiger partial charge in [0.15, 0.2) is 0 Å². The molecule has 0 fully saturated rings. The molecule has 0 aliphatic heterocycles. The van der Waals surface area contributed by atoms with Crippen molar-refractivity contribution in [3.05, 3.63) is 27.7 Å². The lowest BCUT2D eigenvalue weighted by Gasteiger charge is -2.16. The SMILES string of the molecule is NS(=O)(=O)c1c(Br)cc(C(F)(F)F)cc1C(F)(F)F. The van der Waals surface area contributed by atoms with Crippen LogP contribution in [0.15, 0.2) is 21.5 Å². The number of nitrogens with two attached hydrogens (primary N) is 1. The van der Waals surface area contributed by atoms with Gasteiger partial charge in [0.05, 0.1) is 11.1 Å². The third-order valence-electron chi connectivity index (χ3n) is 1.96. The Morgan fingerprint density at radius 1 is 1.00 bits per heavy atom. The van der Waals surface area contributed by atoms with Gasteiger partial charge in [-0.05, 0) is 28.1 Å². The minimum Gasteiger partial charge on any atom is -0.225 e. The number of halogens is 7. The maximum atomic E-state index is 12.6. The smallest absolute Gasteiger partial charge is 0.225 e. The summed E-state index contributed by atoms with van der Waals surface area (Å²) in [4.78, 5) is -1.44. The molecule has 0 unspecified atom stereocenters. The molecule has 3 nitrogen and oxygen atoms in total. The highest BCUT2D eigenvalue weighted by Crippen LogP contribution is 2.41. The van der Waals surface area contributed by atoms with Gasteiger partial charge in [0.1, 0.15) is 4.90 Å². The van der Waals surface area contributed by atoms with E-state index in [2.05, 4.69) is 21.1 Å². The van der Waals surface area contributed by atoms with Crippen LogP contribution in [0.2, 0.25) is 0 Å². The Bertz CT molecular complexity index is 607. The molecule has 0 bridgehead atoms. The summed E-state index contributed by atoms with van der Waals surface area (Å²) in [6.45, 7) is 0. The van der Waals surface area contributed by atoms with Gasteiger partial charge in [-0.15, -0.1) is 0 Å². The Balaban J connectivity index is 3.79. The highest BCUT2D eigenvalue weighted by atomic mass is 79.9. The Kier molecular flexibility index (Phi) is 3.96. The van der Waals surface area contributed by atoms with Gasteiger partial charge < -0.3 is 0 Å². The van der Waals surface area contributed by atoms with E-state index in [1.165, 1.54) is 0 Å². The van der Waals surface area contributed by atoms with Gasteiger partial charge in [-0.3, -0.25) is 0 Å². The van der Waals surface area contributed by atoms with Crippen LogP contribution < -0.4 is 5.14 Å². The molecule has 1 aromatic rings. The van der Waals surface area contributed by atoms with Crippen LogP contribution >= 0.6 is 15.9 Å². The topological polar surface area (TPSA) is 60.2 Å². The highest BCUT2D eigenvalue weighted by molar-refractivity contribution is 9.10. The van der Waals surface area contributed by atoms with Crippen molar-refractivity contribution in [2.45, 2.75) is 17.2 Å². The predicted octanol–water partition coefficient (Wildman–Crippen LogP) is 3.13. The number of hydrogen-bond donors (Lipinski definition) is 1. The van der Waals surface area contributed by atoms with Gasteiger partial charge in [0, 0.05) is 4.47 Å². The zero-order chi connectivity index (χ0) is 15.2. The van der Waals surface area contributed by atoms with E-state index in [0.717, 1.165) is 0 Å². The second kappa shape index (κ2) is 4.63. The Morgan fingerprint density at radius 3 is 1.79 bits per heavy atom. The van der Waals surface area contributed by atoms with E-state index < -0.39 is 42.9 Å². The second-order valence-electron chi connectivity index (χ2n) is 3.38. The highest BCUT2D eigenvalue weighted by Gasteiger charge is 2.41. The van der Waals surface area contributed by atoms with Crippen molar-refractivity contribution >= 4 is 26.0 Å². The van der Waals surface area contributed by atoms with Gasteiger partial charge in [-0.25, -0.2) is 13.6 Å². The zero-order valence-electron chi connectivity index (χ0n) is 8.60. The van der Waals surface area contributed by atoms with Crippen LogP contribution in [0.3, 0.4) is 0 Å². The molecule has 0 spiro atoms. The summed E-state index contributed by atoms with van der Waals surface area (Å²) in [7, 11) is -4.84. The molecule has 0 aromatic heterocycles. The molecule has 0 saturated heterocycles. The summed E-state index contributed by atoms with van der Waals surface area (Å²) >= 11 is 2.36. The molecule has 0 radical (unpaired) electrons. The van der Waals surface area contributed by atoms with E-state index in [0.29, 0.717) is 0 Å². The first-order chi connectivity index (χ1) is 8.24. The van der Waals surface area contributed by atoms with E-state index >= 15 is 0 Å². The molecule has 0 amide bonds. The fourth-order valence-electron chi connectivity index (χ4n) is 1.26. The van der Waals surface area contributed by atoms with Crippen LogP contribution in [-0.4, -0.2) is 8.42 Å². The molecule has 19 heavy (non-hydrogen) atoms.